The lowest BCUT2D eigenvalue weighted by molar-refractivity contribution is -0.179. The number of phosphoric acid groups is 2. The van der Waals surface area contributed by atoms with Gasteiger partial charge in [0.2, 0.25) is 5.91 Å². The Balaban J connectivity index is 1.68. The van der Waals surface area contributed by atoms with Gasteiger partial charge in [-0.2, -0.15) is 4.98 Å². The van der Waals surface area contributed by atoms with Crippen LogP contribution in [0, 0.1) is 0 Å². The van der Waals surface area contributed by atoms with Crippen LogP contribution in [0.5, 0.6) is 0 Å². The summed E-state index contributed by atoms with van der Waals surface area (Å²) in [5.74, 6) is -1.95. The summed E-state index contributed by atoms with van der Waals surface area (Å²) in [5, 5.41) is 26.1. The van der Waals surface area contributed by atoms with E-state index in [0.29, 0.717) is 9.59 Å². The molecule has 0 radical (unpaired) electrons. The summed E-state index contributed by atoms with van der Waals surface area (Å²) < 4.78 is 58.1. The van der Waals surface area contributed by atoms with Crippen molar-refractivity contribution in [1.82, 2.24) is 34.4 Å². The fourth-order valence-corrected chi connectivity index (χ4v) is 7.11. The third-order valence-corrected chi connectivity index (χ3v) is 10.6. The smallest absolute Gasteiger partial charge is 0.453 e. The van der Waals surface area contributed by atoms with Crippen LogP contribution < -0.4 is 22.5 Å². The van der Waals surface area contributed by atoms with E-state index in [2.05, 4.69) is 36.4 Å². The molecule has 0 saturated heterocycles. The monoisotopic (exact) mass is 933 g/mol. The highest BCUT2D eigenvalue weighted by molar-refractivity contribution is 7.47. The Hall–Kier alpha value is -4.72. The van der Waals surface area contributed by atoms with Crippen molar-refractivity contribution in [2.45, 2.75) is 68.6 Å². The number of carbonyl (C=O) groups is 2. The number of aliphatic hydroxyl groups excluding tert-OH is 2. The van der Waals surface area contributed by atoms with E-state index in [1.807, 2.05) is 0 Å². The normalized spacial score (nSPS) is 16.3. The number of phosphoric ester groups is 2. The average Bonchev–Trinajstić information content (AvgIpc) is 3.66. The number of imidazole rings is 1. The van der Waals surface area contributed by atoms with E-state index < -0.39 is 89.3 Å². The molecule has 0 aliphatic rings. The topological polar surface area (TPSA) is 367 Å². The molecule has 1 unspecified atom stereocenters. The number of aromatic nitrogens is 6. The number of allylic oxidation sites excluding steroid dienone is 1. The van der Waals surface area contributed by atoms with Crippen molar-refractivity contribution in [3.8, 4) is 0 Å². The van der Waals surface area contributed by atoms with Crippen LogP contribution in [-0.4, -0.2) is 124 Å². The summed E-state index contributed by atoms with van der Waals surface area (Å²) in [6.45, 7) is 1.48. The van der Waals surface area contributed by atoms with Gasteiger partial charge in [0.25, 0.3) is 0 Å². The standard InChI is InChI=1S/C34H46ClN9O16P2/c1-4-5-6-25(45)41-21(12-9-19-7-10-20(35)11-8-19)33(48)59-27(31(46)44-18-40-26-29(37)38-17-39-30(26)44)22(55-2)16-58-62(53,54)60-28(23(56-3)15-57-61(50,51)52)32(47)43-14-13-24(36)42-34(43)49/h4,7-8,10-11,13-14,17-18,21-23,27-28,31-32,46-47H,1,5-6,9,12,15-16H2,2-3H3,(H,41,45)(H,53,54)(H2,36,42,49)(H2,37,38,39)(H2,50,51,52)/t21-,22+,23+,27-,28-,31-,32-/m0/s1. The molecular weight excluding hydrogens is 888 g/mol. The minimum atomic E-state index is -5.54. The molecule has 0 fully saturated rings. The van der Waals surface area contributed by atoms with Gasteiger partial charge in [0.05, 0.1) is 19.5 Å². The highest BCUT2D eigenvalue weighted by Gasteiger charge is 2.42. The number of anilines is 2. The number of nitrogens with two attached hydrogens (primary N) is 2. The van der Waals surface area contributed by atoms with E-state index in [1.54, 1.807) is 24.3 Å². The molecule has 4 aromatic rings. The quantitative estimate of drug-likeness (QED) is 0.0255. The van der Waals surface area contributed by atoms with Crippen molar-refractivity contribution in [3.05, 3.63) is 82.9 Å². The zero-order valence-corrected chi connectivity index (χ0v) is 35.6. The molecule has 4 rings (SSSR count). The molecule has 62 heavy (non-hydrogen) atoms. The van der Waals surface area contributed by atoms with Crippen molar-refractivity contribution >= 4 is 61.9 Å². The zero-order chi connectivity index (χ0) is 45.8. The number of fused-ring (bicyclic) bond motifs is 1. The molecule has 8 atom stereocenters. The number of nitrogen functional groups attached to an aromatic ring is 2. The Labute approximate surface area is 357 Å². The van der Waals surface area contributed by atoms with E-state index in [1.165, 1.54) is 6.08 Å². The van der Waals surface area contributed by atoms with Crippen LogP contribution >= 0.6 is 27.2 Å². The van der Waals surface area contributed by atoms with Crippen LogP contribution in [0.25, 0.3) is 11.2 Å². The SMILES string of the molecule is C=CCCC(=O)N[C@@H](CCc1ccc(Cl)cc1)C(=O)O[C@@H]([C@@H](COP(=O)(O)O[C@@H]([C@@H](COP(=O)(O)O)OC)[C@H](O)n1ccc(N)nc1=O)OC)[C@H](O)n1cnc2c(N)ncnc21. The van der Waals surface area contributed by atoms with Crippen LogP contribution in [0.15, 0.2) is 66.6 Å². The van der Waals surface area contributed by atoms with E-state index in [0.717, 1.165) is 49.3 Å². The predicted molar refractivity (Wildman–Crippen MR) is 216 cm³/mol. The van der Waals surface area contributed by atoms with Crippen LogP contribution in [-0.2, 0) is 52.9 Å². The predicted octanol–water partition coefficient (Wildman–Crippen LogP) is 0.520. The van der Waals surface area contributed by atoms with Crippen LogP contribution in [0.2, 0.25) is 5.02 Å². The van der Waals surface area contributed by atoms with Gasteiger partial charge in [0.1, 0.15) is 42.0 Å². The minimum Gasteiger partial charge on any atom is -0.453 e. The Morgan fingerprint density at radius 2 is 1.60 bits per heavy atom. The number of carbonyl (C=O) groups excluding carboxylic acids is 2. The van der Waals surface area contributed by atoms with Gasteiger partial charge in [-0.15, -0.1) is 6.58 Å². The van der Waals surface area contributed by atoms with Crippen molar-refractivity contribution < 1.29 is 71.4 Å². The van der Waals surface area contributed by atoms with Crippen molar-refractivity contribution in [2.24, 2.45) is 0 Å². The number of amides is 1. The molecular formula is C34H46ClN9O16P2. The zero-order valence-electron chi connectivity index (χ0n) is 33.0. The molecule has 0 aliphatic carbocycles. The molecule has 10 N–H and O–H groups in total. The Bertz CT molecular complexity index is 2300. The first kappa shape index (κ1) is 49.9. The molecule has 25 nitrogen and oxygen atoms in total. The summed E-state index contributed by atoms with van der Waals surface area (Å²) in [7, 11) is -8.70. The summed E-state index contributed by atoms with van der Waals surface area (Å²) >= 11 is 6.02. The number of rotatable bonds is 25. The molecule has 3 aromatic heterocycles. The third kappa shape index (κ3) is 14.2. The lowest BCUT2D eigenvalue weighted by atomic mass is 10.0. The van der Waals surface area contributed by atoms with Crippen LogP contribution in [0.1, 0.15) is 37.3 Å². The second kappa shape index (κ2) is 22.6. The lowest BCUT2D eigenvalue weighted by Gasteiger charge is -2.33. The number of halogens is 1. The minimum absolute atomic E-state index is 0.0164. The summed E-state index contributed by atoms with van der Waals surface area (Å²) in [6, 6.07) is 6.46. The number of hydrogen-bond donors (Lipinski definition) is 8. The second-order valence-corrected chi connectivity index (χ2v) is 16.2. The molecule has 0 spiro atoms. The second-order valence-electron chi connectivity index (χ2n) is 13.1. The lowest BCUT2D eigenvalue weighted by Crippen LogP contribution is -2.48. The Kier molecular flexibility index (Phi) is 18.2. The van der Waals surface area contributed by atoms with Gasteiger partial charge in [-0.1, -0.05) is 29.8 Å². The molecule has 1 aromatic carbocycles. The molecule has 28 heteroatoms. The van der Waals surface area contributed by atoms with Crippen molar-refractivity contribution in [1.29, 1.82) is 0 Å². The van der Waals surface area contributed by atoms with Gasteiger partial charge in [-0.05, 0) is 43.0 Å². The van der Waals surface area contributed by atoms with Gasteiger partial charge in [-0.3, -0.25) is 27.5 Å². The van der Waals surface area contributed by atoms with E-state index in [-0.39, 0.29) is 48.5 Å². The maximum Gasteiger partial charge on any atom is 0.472 e. The number of hydrogen-bond acceptors (Lipinski definition) is 19. The Morgan fingerprint density at radius 1 is 0.952 bits per heavy atom. The third-order valence-electron chi connectivity index (χ3n) is 8.88. The number of nitrogens with one attached hydrogen (secondary N) is 1. The van der Waals surface area contributed by atoms with Gasteiger partial charge >= 0.3 is 27.3 Å². The first-order valence-corrected chi connectivity index (χ1v) is 21.6. The maximum absolute atomic E-state index is 14.1. The van der Waals surface area contributed by atoms with E-state index in [9.17, 15) is 48.4 Å². The summed E-state index contributed by atoms with van der Waals surface area (Å²) in [5.41, 5.74) is 11.0. The molecule has 0 saturated carbocycles. The number of esters is 1. The first-order chi connectivity index (χ1) is 29.3. The number of methoxy groups -OCH3 is 2. The number of nitrogens with zero attached hydrogens (tertiary/aromatic N) is 6. The number of ether oxygens (including phenoxy) is 3. The van der Waals surface area contributed by atoms with Gasteiger partial charge in [-0.25, -0.2) is 33.7 Å². The van der Waals surface area contributed by atoms with Crippen LogP contribution in [0.3, 0.4) is 0 Å². The summed E-state index contributed by atoms with van der Waals surface area (Å²) in [6.07, 6.45) is -6.70. The fourth-order valence-electron chi connectivity index (χ4n) is 5.69. The van der Waals surface area contributed by atoms with Gasteiger partial charge in [0.15, 0.2) is 30.0 Å². The Morgan fingerprint density at radius 3 is 2.23 bits per heavy atom. The number of aliphatic hydroxyl groups is 2. The highest BCUT2D eigenvalue weighted by Crippen LogP contribution is 2.48. The first-order valence-electron chi connectivity index (χ1n) is 18.2. The number of benzene rings is 1. The maximum atomic E-state index is 14.1. The average molecular weight is 934 g/mol. The molecule has 0 aliphatic heterocycles. The molecule has 1 amide bonds. The van der Waals surface area contributed by atoms with E-state index >= 15 is 0 Å². The van der Waals surface area contributed by atoms with E-state index in [4.69, 9.17) is 46.3 Å². The molecule has 3 heterocycles. The number of aryl methyl sites for hydroxylation is 1. The summed E-state index contributed by atoms with van der Waals surface area (Å²) in [4.78, 5) is 84.7. The molecule has 0 bridgehead atoms. The fraction of sp³-hybridized carbons (Fsp3) is 0.441. The van der Waals surface area contributed by atoms with Crippen molar-refractivity contribution in [3.63, 3.8) is 0 Å². The largest absolute Gasteiger partial charge is 0.472 e. The molecule has 340 valence electrons. The van der Waals surface area contributed by atoms with Gasteiger partial charge in [0, 0.05) is 31.9 Å². The van der Waals surface area contributed by atoms with Gasteiger partial charge < -0.3 is 55.9 Å². The highest BCUT2D eigenvalue weighted by atomic mass is 35.5. The van der Waals surface area contributed by atoms with Crippen LogP contribution in [0.4, 0.5) is 11.6 Å². The van der Waals surface area contributed by atoms with Crippen molar-refractivity contribution in [2.75, 3.05) is 38.9 Å².